The van der Waals surface area contributed by atoms with Crippen molar-refractivity contribution in [3.63, 3.8) is 0 Å². The second-order valence-corrected chi connectivity index (χ2v) is 6.65. The fraction of sp³-hybridized carbons (Fsp3) is 0.938. The van der Waals surface area contributed by atoms with Gasteiger partial charge in [-0.3, -0.25) is 4.79 Å². The molecule has 2 fully saturated rings. The Hall–Kier alpha value is -0.570. The van der Waals surface area contributed by atoms with Crippen LogP contribution in [0.15, 0.2) is 0 Å². The van der Waals surface area contributed by atoms with Gasteiger partial charge >= 0.3 is 5.97 Å². The zero-order chi connectivity index (χ0) is 13.7. The molecule has 1 unspecified atom stereocenters. The normalized spacial score (nSPS) is 31.0. The lowest BCUT2D eigenvalue weighted by Crippen LogP contribution is -2.38. The number of hydrogen-bond acceptors (Lipinski definition) is 2. The maximum absolute atomic E-state index is 10.9. The number of carboxylic acid groups (broad SMARTS) is 1. The molecule has 0 bridgehead atoms. The van der Waals surface area contributed by atoms with Gasteiger partial charge in [-0.05, 0) is 63.8 Å². The molecule has 0 aromatic heterocycles. The molecule has 2 saturated carbocycles. The van der Waals surface area contributed by atoms with Crippen LogP contribution >= 0.6 is 0 Å². The second-order valence-electron chi connectivity index (χ2n) is 6.65. The van der Waals surface area contributed by atoms with Gasteiger partial charge in [0, 0.05) is 6.04 Å². The lowest BCUT2D eigenvalue weighted by molar-refractivity contribution is -0.143. The zero-order valence-corrected chi connectivity index (χ0v) is 12.2. The lowest BCUT2D eigenvalue weighted by atomic mass is 9.81. The van der Waals surface area contributed by atoms with Crippen LogP contribution in [0.1, 0.15) is 64.7 Å². The smallest absolute Gasteiger partial charge is 0.306 e. The van der Waals surface area contributed by atoms with Crippen LogP contribution in [-0.2, 0) is 4.79 Å². The van der Waals surface area contributed by atoms with Crippen LogP contribution in [0.5, 0.6) is 0 Å². The topological polar surface area (TPSA) is 49.3 Å². The fourth-order valence-corrected chi connectivity index (χ4v) is 3.77. The van der Waals surface area contributed by atoms with Crippen LogP contribution < -0.4 is 5.32 Å². The monoisotopic (exact) mass is 267 g/mol. The molecule has 2 rings (SSSR count). The van der Waals surface area contributed by atoms with Crippen molar-refractivity contribution in [2.75, 3.05) is 6.54 Å². The maximum Gasteiger partial charge on any atom is 0.306 e. The van der Waals surface area contributed by atoms with Crippen LogP contribution in [0.25, 0.3) is 0 Å². The predicted octanol–water partition coefficient (Wildman–Crippen LogP) is 3.44. The Bertz CT molecular complexity index is 278. The third-order valence-electron chi connectivity index (χ3n) is 5.28. The van der Waals surface area contributed by atoms with E-state index < -0.39 is 5.97 Å². The summed E-state index contributed by atoms with van der Waals surface area (Å²) in [6, 6.07) is 0.637. The van der Waals surface area contributed by atoms with Crippen LogP contribution in [0.2, 0.25) is 0 Å². The molecule has 2 N–H and O–H groups in total. The molecule has 2 aliphatic carbocycles. The van der Waals surface area contributed by atoms with Gasteiger partial charge in [-0.2, -0.15) is 0 Å². The molecule has 0 amide bonds. The summed E-state index contributed by atoms with van der Waals surface area (Å²) in [4.78, 5) is 10.9. The van der Waals surface area contributed by atoms with E-state index in [1.807, 2.05) is 0 Å². The molecule has 0 saturated heterocycles. The first kappa shape index (κ1) is 14.8. The molecule has 2 aliphatic rings. The van der Waals surface area contributed by atoms with Crippen LogP contribution in [0.4, 0.5) is 0 Å². The molecule has 3 nitrogen and oxygen atoms in total. The van der Waals surface area contributed by atoms with Crippen molar-refractivity contribution >= 4 is 5.97 Å². The van der Waals surface area contributed by atoms with Crippen molar-refractivity contribution < 1.29 is 9.90 Å². The van der Waals surface area contributed by atoms with Crippen molar-refractivity contribution in [3.05, 3.63) is 0 Å². The summed E-state index contributed by atoms with van der Waals surface area (Å²) < 4.78 is 0. The Morgan fingerprint density at radius 3 is 2.32 bits per heavy atom. The van der Waals surface area contributed by atoms with Crippen molar-refractivity contribution in [1.82, 2.24) is 5.32 Å². The summed E-state index contributed by atoms with van der Waals surface area (Å²) in [5.74, 6) is 0.889. The van der Waals surface area contributed by atoms with Crippen LogP contribution in [0.3, 0.4) is 0 Å². The summed E-state index contributed by atoms with van der Waals surface area (Å²) >= 11 is 0. The van der Waals surface area contributed by atoms with E-state index in [9.17, 15) is 4.79 Å². The van der Waals surface area contributed by atoms with E-state index in [2.05, 4.69) is 12.2 Å². The molecular weight excluding hydrogens is 238 g/mol. The predicted molar refractivity (Wildman–Crippen MR) is 77.1 cm³/mol. The van der Waals surface area contributed by atoms with Crippen molar-refractivity contribution in [3.8, 4) is 0 Å². The molecule has 19 heavy (non-hydrogen) atoms. The van der Waals surface area contributed by atoms with E-state index in [0.29, 0.717) is 12.0 Å². The van der Waals surface area contributed by atoms with Gasteiger partial charge in [0.25, 0.3) is 0 Å². The van der Waals surface area contributed by atoms with Gasteiger partial charge in [-0.25, -0.2) is 0 Å². The third-order valence-corrected chi connectivity index (χ3v) is 5.28. The Kier molecular flexibility index (Phi) is 5.68. The number of rotatable bonds is 5. The molecular formula is C16H29NO2. The van der Waals surface area contributed by atoms with Gasteiger partial charge in [0.15, 0.2) is 0 Å². The molecule has 0 aliphatic heterocycles. The van der Waals surface area contributed by atoms with Crippen molar-refractivity contribution in [1.29, 1.82) is 0 Å². The van der Waals surface area contributed by atoms with Gasteiger partial charge in [-0.1, -0.05) is 19.3 Å². The Morgan fingerprint density at radius 2 is 1.74 bits per heavy atom. The molecule has 0 spiro atoms. The Balaban J connectivity index is 1.64. The van der Waals surface area contributed by atoms with E-state index in [-0.39, 0.29) is 5.92 Å². The van der Waals surface area contributed by atoms with E-state index in [4.69, 9.17) is 5.11 Å². The number of carboxylic acids is 1. The standard InChI is InChI=1S/C16H29NO2/c1-12(14-5-3-2-4-6-14)17-11-13-7-9-15(10-8-13)16(18)19/h12-15,17H,2-11H2,1H3,(H,18,19). The van der Waals surface area contributed by atoms with Crippen molar-refractivity contribution in [2.24, 2.45) is 17.8 Å². The minimum Gasteiger partial charge on any atom is -0.481 e. The van der Waals surface area contributed by atoms with E-state index >= 15 is 0 Å². The molecule has 1 atom stereocenters. The van der Waals surface area contributed by atoms with E-state index in [0.717, 1.165) is 38.1 Å². The Labute approximate surface area is 117 Å². The largest absolute Gasteiger partial charge is 0.481 e. The Morgan fingerprint density at radius 1 is 1.11 bits per heavy atom. The fourth-order valence-electron chi connectivity index (χ4n) is 3.77. The molecule has 0 aromatic rings. The number of nitrogens with one attached hydrogen (secondary N) is 1. The summed E-state index contributed by atoms with van der Waals surface area (Å²) in [5.41, 5.74) is 0. The lowest BCUT2D eigenvalue weighted by Gasteiger charge is -2.31. The van der Waals surface area contributed by atoms with Gasteiger partial charge in [0.05, 0.1) is 5.92 Å². The highest BCUT2D eigenvalue weighted by molar-refractivity contribution is 5.69. The number of hydrogen-bond donors (Lipinski definition) is 2. The van der Waals surface area contributed by atoms with Gasteiger partial charge < -0.3 is 10.4 Å². The highest BCUT2D eigenvalue weighted by atomic mass is 16.4. The zero-order valence-electron chi connectivity index (χ0n) is 12.2. The van der Waals surface area contributed by atoms with E-state index in [1.54, 1.807) is 0 Å². The van der Waals surface area contributed by atoms with Gasteiger partial charge in [0.1, 0.15) is 0 Å². The van der Waals surface area contributed by atoms with Crippen molar-refractivity contribution in [2.45, 2.75) is 70.8 Å². The summed E-state index contributed by atoms with van der Waals surface area (Å²) in [7, 11) is 0. The van der Waals surface area contributed by atoms with Gasteiger partial charge in [0.2, 0.25) is 0 Å². The average molecular weight is 267 g/mol. The summed E-state index contributed by atoms with van der Waals surface area (Å²) in [5, 5.41) is 12.7. The second kappa shape index (κ2) is 7.28. The SMILES string of the molecule is CC(NCC1CCC(C(=O)O)CC1)C1CCCCC1. The molecule has 110 valence electrons. The quantitative estimate of drug-likeness (QED) is 0.802. The first-order valence-corrected chi connectivity index (χ1v) is 8.13. The summed E-state index contributed by atoms with van der Waals surface area (Å²) in [6.07, 6.45) is 10.9. The number of aliphatic carboxylic acids is 1. The average Bonchev–Trinajstić information content (AvgIpc) is 2.46. The molecule has 0 radical (unpaired) electrons. The maximum atomic E-state index is 10.9. The minimum atomic E-state index is -0.595. The van der Waals surface area contributed by atoms with Crippen LogP contribution in [0, 0.1) is 17.8 Å². The van der Waals surface area contributed by atoms with Gasteiger partial charge in [-0.15, -0.1) is 0 Å². The molecule has 0 aromatic carbocycles. The van der Waals surface area contributed by atoms with Crippen LogP contribution in [-0.4, -0.2) is 23.7 Å². The third kappa shape index (κ3) is 4.48. The first-order chi connectivity index (χ1) is 9.16. The first-order valence-electron chi connectivity index (χ1n) is 8.13. The molecule has 0 heterocycles. The highest BCUT2D eigenvalue weighted by Gasteiger charge is 2.26. The summed E-state index contributed by atoms with van der Waals surface area (Å²) in [6.45, 7) is 3.42. The number of carbonyl (C=O) groups is 1. The highest BCUT2D eigenvalue weighted by Crippen LogP contribution is 2.30. The molecule has 3 heteroatoms. The minimum absolute atomic E-state index is 0.0768. The van der Waals surface area contributed by atoms with E-state index in [1.165, 1.54) is 32.1 Å².